The van der Waals surface area contributed by atoms with Crippen molar-refractivity contribution < 1.29 is 13.9 Å². The predicted octanol–water partition coefficient (Wildman–Crippen LogP) is 2.58. The number of thioether (sulfide) groups is 1. The average Bonchev–Trinajstić information content (AvgIpc) is 2.54. The standard InChI is InChI=1S/C11H17NO3S/c1-7-8(2)15-10(12-7)16-6-11(3,4)9(13)14-5/h6H2,1-5H3. The monoisotopic (exact) mass is 243 g/mol. The summed E-state index contributed by atoms with van der Waals surface area (Å²) in [6.45, 7) is 7.45. The number of carbonyl (C=O) groups excluding carboxylic acids is 1. The molecule has 0 aromatic carbocycles. The molecular formula is C11H17NO3S. The zero-order chi connectivity index (χ0) is 12.3. The van der Waals surface area contributed by atoms with E-state index >= 15 is 0 Å². The molecule has 90 valence electrons. The smallest absolute Gasteiger partial charge is 0.312 e. The molecule has 0 spiro atoms. The molecule has 0 saturated heterocycles. The van der Waals surface area contributed by atoms with Crippen molar-refractivity contribution in [3.63, 3.8) is 0 Å². The van der Waals surface area contributed by atoms with E-state index in [2.05, 4.69) is 4.98 Å². The Morgan fingerprint density at radius 3 is 2.56 bits per heavy atom. The normalized spacial score (nSPS) is 11.6. The minimum absolute atomic E-state index is 0.222. The third kappa shape index (κ3) is 3.01. The summed E-state index contributed by atoms with van der Waals surface area (Å²) in [5.74, 6) is 1.18. The molecule has 1 rings (SSSR count). The largest absolute Gasteiger partial charge is 0.469 e. The van der Waals surface area contributed by atoms with Gasteiger partial charge >= 0.3 is 5.97 Å². The zero-order valence-corrected chi connectivity index (χ0v) is 11.1. The molecule has 1 aromatic heterocycles. The second-order valence-corrected chi connectivity index (χ2v) is 5.21. The fraction of sp³-hybridized carbons (Fsp3) is 0.636. The van der Waals surface area contributed by atoms with Crippen molar-refractivity contribution in [1.82, 2.24) is 4.98 Å². The van der Waals surface area contributed by atoms with Crippen LogP contribution in [0.4, 0.5) is 0 Å². The van der Waals surface area contributed by atoms with E-state index in [0.29, 0.717) is 11.0 Å². The number of aromatic nitrogens is 1. The molecule has 1 aromatic rings. The lowest BCUT2D eigenvalue weighted by Crippen LogP contribution is -2.28. The predicted molar refractivity (Wildman–Crippen MR) is 62.5 cm³/mol. The Hall–Kier alpha value is -0.970. The first-order chi connectivity index (χ1) is 7.36. The van der Waals surface area contributed by atoms with Crippen LogP contribution in [0.1, 0.15) is 25.3 Å². The van der Waals surface area contributed by atoms with Crippen LogP contribution in [0.5, 0.6) is 0 Å². The molecule has 1 heterocycles. The van der Waals surface area contributed by atoms with Gasteiger partial charge in [0, 0.05) is 5.75 Å². The van der Waals surface area contributed by atoms with Crippen LogP contribution in [0.25, 0.3) is 0 Å². The number of esters is 1. The van der Waals surface area contributed by atoms with Gasteiger partial charge in [-0.25, -0.2) is 4.98 Å². The van der Waals surface area contributed by atoms with E-state index < -0.39 is 5.41 Å². The Morgan fingerprint density at radius 1 is 1.50 bits per heavy atom. The third-order valence-electron chi connectivity index (χ3n) is 2.30. The summed E-state index contributed by atoms with van der Waals surface area (Å²) >= 11 is 1.43. The highest BCUT2D eigenvalue weighted by molar-refractivity contribution is 7.99. The number of rotatable bonds is 4. The summed E-state index contributed by atoms with van der Waals surface area (Å²) in [7, 11) is 1.40. The van der Waals surface area contributed by atoms with Crippen molar-refractivity contribution in [1.29, 1.82) is 0 Å². The average molecular weight is 243 g/mol. The number of methoxy groups -OCH3 is 1. The number of carbonyl (C=O) groups is 1. The van der Waals surface area contributed by atoms with E-state index in [0.717, 1.165) is 11.5 Å². The second-order valence-electron chi connectivity index (χ2n) is 4.29. The molecule has 0 aliphatic heterocycles. The molecule has 0 radical (unpaired) electrons. The van der Waals surface area contributed by atoms with Crippen LogP contribution in [0.2, 0.25) is 0 Å². The first-order valence-electron chi connectivity index (χ1n) is 5.02. The highest BCUT2D eigenvalue weighted by Gasteiger charge is 2.29. The van der Waals surface area contributed by atoms with Crippen LogP contribution < -0.4 is 0 Å². The van der Waals surface area contributed by atoms with Crippen LogP contribution >= 0.6 is 11.8 Å². The Balaban J connectivity index is 2.60. The van der Waals surface area contributed by atoms with E-state index in [1.165, 1.54) is 18.9 Å². The third-order valence-corrected chi connectivity index (χ3v) is 3.59. The van der Waals surface area contributed by atoms with Crippen LogP contribution in [-0.2, 0) is 9.53 Å². The molecule has 16 heavy (non-hydrogen) atoms. The molecule has 4 nitrogen and oxygen atoms in total. The summed E-state index contributed by atoms with van der Waals surface area (Å²) < 4.78 is 10.2. The van der Waals surface area contributed by atoms with Crippen LogP contribution in [-0.4, -0.2) is 23.8 Å². The Labute approximate surface area is 99.8 Å². The van der Waals surface area contributed by atoms with Crippen LogP contribution in [0.3, 0.4) is 0 Å². The summed E-state index contributed by atoms with van der Waals surface area (Å²) in [6, 6.07) is 0. The van der Waals surface area contributed by atoms with Gasteiger partial charge in [-0.3, -0.25) is 4.79 Å². The minimum Gasteiger partial charge on any atom is -0.469 e. The molecule has 0 atom stereocenters. The molecule has 0 unspecified atom stereocenters. The van der Waals surface area contributed by atoms with Crippen molar-refractivity contribution in [3.8, 4) is 0 Å². The number of oxazole rings is 1. The van der Waals surface area contributed by atoms with Crippen molar-refractivity contribution >= 4 is 17.7 Å². The Morgan fingerprint density at radius 2 is 2.12 bits per heavy atom. The molecule has 0 bridgehead atoms. The SMILES string of the molecule is COC(=O)C(C)(C)CSc1nc(C)c(C)o1. The number of ether oxygens (including phenoxy) is 1. The number of nitrogens with zero attached hydrogens (tertiary/aromatic N) is 1. The van der Waals surface area contributed by atoms with E-state index in [1.54, 1.807) is 0 Å². The van der Waals surface area contributed by atoms with Gasteiger partial charge in [-0.2, -0.15) is 0 Å². The lowest BCUT2D eigenvalue weighted by atomic mass is 9.97. The van der Waals surface area contributed by atoms with Gasteiger partial charge in [-0.05, 0) is 27.7 Å². The zero-order valence-electron chi connectivity index (χ0n) is 10.3. The van der Waals surface area contributed by atoms with Crippen molar-refractivity contribution in [2.45, 2.75) is 32.9 Å². The van der Waals surface area contributed by atoms with E-state index in [4.69, 9.17) is 9.15 Å². The summed E-state index contributed by atoms with van der Waals surface area (Å²) in [5, 5.41) is 0.604. The number of hydrogen-bond acceptors (Lipinski definition) is 5. The van der Waals surface area contributed by atoms with Gasteiger partial charge in [-0.15, -0.1) is 0 Å². The van der Waals surface area contributed by atoms with Gasteiger partial charge in [0.05, 0.1) is 18.2 Å². The molecule has 0 aliphatic carbocycles. The maximum atomic E-state index is 11.4. The molecule has 0 aliphatic rings. The van der Waals surface area contributed by atoms with Gasteiger partial charge < -0.3 is 9.15 Å². The van der Waals surface area contributed by atoms with Gasteiger partial charge in [0.15, 0.2) is 0 Å². The molecule has 0 saturated carbocycles. The molecular weight excluding hydrogens is 226 g/mol. The lowest BCUT2D eigenvalue weighted by Gasteiger charge is -2.19. The van der Waals surface area contributed by atoms with Crippen molar-refractivity contribution in [3.05, 3.63) is 11.5 Å². The van der Waals surface area contributed by atoms with Crippen LogP contribution in [0.15, 0.2) is 9.64 Å². The van der Waals surface area contributed by atoms with E-state index in [9.17, 15) is 4.79 Å². The van der Waals surface area contributed by atoms with Gasteiger partial charge in [0.1, 0.15) is 5.76 Å². The Bertz CT molecular complexity index is 365. The first-order valence-corrected chi connectivity index (χ1v) is 6.00. The van der Waals surface area contributed by atoms with E-state index in [1.807, 2.05) is 27.7 Å². The van der Waals surface area contributed by atoms with E-state index in [-0.39, 0.29) is 5.97 Å². The molecule has 0 fully saturated rings. The molecule has 0 N–H and O–H groups in total. The topological polar surface area (TPSA) is 52.3 Å². The summed E-state index contributed by atoms with van der Waals surface area (Å²) in [4.78, 5) is 15.7. The molecule has 5 heteroatoms. The Kier molecular flexibility index (Phi) is 4.02. The summed E-state index contributed by atoms with van der Waals surface area (Å²) in [6.07, 6.45) is 0. The second kappa shape index (κ2) is 4.91. The fourth-order valence-electron chi connectivity index (χ4n) is 1.08. The summed E-state index contributed by atoms with van der Waals surface area (Å²) in [5.41, 5.74) is 0.355. The first kappa shape index (κ1) is 13.1. The van der Waals surface area contributed by atoms with Crippen molar-refractivity contribution in [2.75, 3.05) is 12.9 Å². The maximum absolute atomic E-state index is 11.4. The highest BCUT2D eigenvalue weighted by Crippen LogP contribution is 2.29. The van der Waals surface area contributed by atoms with Crippen LogP contribution in [0, 0.1) is 19.3 Å². The lowest BCUT2D eigenvalue weighted by molar-refractivity contribution is -0.149. The number of aryl methyl sites for hydroxylation is 2. The van der Waals surface area contributed by atoms with Gasteiger partial charge in [0.25, 0.3) is 5.22 Å². The maximum Gasteiger partial charge on any atom is 0.312 e. The number of hydrogen-bond donors (Lipinski definition) is 0. The quantitative estimate of drug-likeness (QED) is 0.601. The molecule has 0 amide bonds. The minimum atomic E-state index is -0.532. The van der Waals surface area contributed by atoms with Gasteiger partial charge in [0.2, 0.25) is 0 Å². The highest BCUT2D eigenvalue weighted by atomic mass is 32.2. The van der Waals surface area contributed by atoms with Gasteiger partial charge in [-0.1, -0.05) is 11.8 Å². The van der Waals surface area contributed by atoms with Crippen molar-refractivity contribution in [2.24, 2.45) is 5.41 Å². The fourth-order valence-corrected chi connectivity index (χ4v) is 2.07.